The van der Waals surface area contributed by atoms with E-state index in [1.807, 2.05) is 0 Å². The maximum Gasteiger partial charge on any atom is 0.231 e. The van der Waals surface area contributed by atoms with Gasteiger partial charge in [-0.2, -0.15) is 4.98 Å². The summed E-state index contributed by atoms with van der Waals surface area (Å²) < 4.78 is 24.0. The summed E-state index contributed by atoms with van der Waals surface area (Å²) in [7, 11) is 0. The number of aromatic nitrogens is 2. The maximum absolute atomic E-state index is 13.1. The molecule has 2 unspecified atom stereocenters. The molecule has 1 fully saturated rings. The smallest absolute Gasteiger partial charge is 0.231 e. The maximum atomic E-state index is 13.1. The van der Waals surface area contributed by atoms with Gasteiger partial charge in [-0.05, 0) is 25.0 Å². The van der Waals surface area contributed by atoms with E-state index >= 15 is 0 Å². The fourth-order valence-corrected chi connectivity index (χ4v) is 3.00. The van der Waals surface area contributed by atoms with Crippen LogP contribution in [-0.2, 0) is 6.61 Å². The molecule has 0 bridgehead atoms. The van der Waals surface area contributed by atoms with Gasteiger partial charge < -0.3 is 15.0 Å². The number of nitrogens with two attached hydrogens (primary N) is 1. The first kappa shape index (κ1) is 18.7. The number of halogens is 2. The van der Waals surface area contributed by atoms with Crippen molar-refractivity contribution in [3.8, 4) is 5.75 Å². The Hall–Kier alpha value is -1.66. The normalized spacial score (nSPS) is 21.4. The highest BCUT2D eigenvalue weighted by atomic mass is 35.5. The second kappa shape index (κ2) is 8.99. The lowest BCUT2D eigenvalue weighted by Crippen LogP contribution is -2.29. The molecule has 2 N–H and O–H groups in total. The van der Waals surface area contributed by atoms with Crippen LogP contribution in [0.4, 0.5) is 4.39 Å². The largest absolute Gasteiger partial charge is 0.485 e. The van der Waals surface area contributed by atoms with Crippen molar-refractivity contribution >= 4 is 12.4 Å². The first-order valence-electron chi connectivity index (χ1n) is 8.19. The number of hydrogen-bond donors (Lipinski definition) is 1. The Morgan fingerprint density at radius 3 is 2.79 bits per heavy atom. The lowest BCUT2D eigenvalue weighted by Gasteiger charge is -2.22. The van der Waals surface area contributed by atoms with Crippen LogP contribution < -0.4 is 10.5 Å². The van der Waals surface area contributed by atoms with Crippen LogP contribution in [0.25, 0.3) is 0 Å². The van der Waals surface area contributed by atoms with Gasteiger partial charge in [-0.25, -0.2) is 4.39 Å². The minimum atomic E-state index is -0.336. The summed E-state index contributed by atoms with van der Waals surface area (Å²) in [6, 6.07) is 6.04. The van der Waals surface area contributed by atoms with Crippen LogP contribution in [0.5, 0.6) is 5.75 Å². The summed E-state index contributed by atoms with van der Waals surface area (Å²) in [5.41, 5.74) is 6.27. The molecule has 1 aliphatic carbocycles. The quantitative estimate of drug-likeness (QED) is 0.898. The molecule has 0 radical (unpaired) electrons. The molecule has 0 amide bonds. The molecule has 24 heavy (non-hydrogen) atoms. The minimum Gasteiger partial charge on any atom is -0.485 e. The molecule has 0 saturated heterocycles. The molecule has 5 nitrogen and oxygen atoms in total. The lowest BCUT2D eigenvalue weighted by molar-refractivity contribution is 0.277. The van der Waals surface area contributed by atoms with Gasteiger partial charge in [0.2, 0.25) is 11.7 Å². The number of ether oxygens (including phenoxy) is 1. The first-order valence-corrected chi connectivity index (χ1v) is 8.19. The Morgan fingerprint density at radius 2 is 2.00 bits per heavy atom. The van der Waals surface area contributed by atoms with Crippen molar-refractivity contribution in [1.29, 1.82) is 0 Å². The van der Waals surface area contributed by atoms with Crippen LogP contribution in [0.2, 0.25) is 0 Å². The number of nitrogens with zero attached hydrogens (tertiary/aromatic N) is 2. The monoisotopic (exact) mass is 355 g/mol. The molecule has 1 saturated carbocycles. The van der Waals surface area contributed by atoms with Gasteiger partial charge in [-0.1, -0.05) is 36.9 Å². The first-order chi connectivity index (χ1) is 11.2. The Labute approximate surface area is 147 Å². The molecule has 1 aromatic carbocycles. The van der Waals surface area contributed by atoms with Gasteiger partial charge in [0.15, 0.2) is 6.61 Å². The van der Waals surface area contributed by atoms with Crippen LogP contribution in [0.3, 0.4) is 0 Å². The van der Waals surface area contributed by atoms with E-state index in [0.717, 1.165) is 25.7 Å². The summed E-state index contributed by atoms with van der Waals surface area (Å²) >= 11 is 0. The average Bonchev–Trinajstić information content (AvgIpc) is 2.98. The van der Waals surface area contributed by atoms with Crippen molar-refractivity contribution in [1.82, 2.24) is 10.1 Å². The summed E-state index contributed by atoms with van der Waals surface area (Å²) in [6.45, 7) is 0.148. The molecule has 0 spiro atoms. The van der Waals surface area contributed by atoms with Gasteiger partial charge in [0, 0.05) is 12.1 Å². The van der Waals surface area contributed by atoms with E-state index < -0.39 is 0 Å². The van der Waals surface area contributed by atoms with Crippen molar-refractivity contribution in [2.45, 2.75) is 57.1 Å². The van der Waals surface area contributed by atoms with Crippen molar-refractivity contribution < 1.29 is 13.7 Å². The lowest BCUT2D eigenvalue weighted by atomic mass is 9.87. The summed E-state index contributed by atoms with van der Waals surface area (Å²) in [5, 5.41) is 3.96. The molecule has 7 heteroatoms. The SMILES string of the molecule is Cl.NC1CCCCCCC1c1nc(COc2cccc(F)c2)no1. The zero-order chi connectivity index (χ0) is 16.1. The molecular formula is C17H23ClFN3O2. The van der Waals surface area contributed by atoms with E-state index in [1.54, 1.807) is 12.1 Å². The van der Waals surface area contributed by atoms with Gasteiger partial charge in [0.05, 0.1) is 5.92 Å². The number of benzene rings is 1. The second-order valence-corrected chi connectivity index (χ2v) is 6.06. The zero-order valence-corrected chi connectivity index (χ0v) is 14.3. The standard InChI is InChI=1S/C17H22FN3O2.ClH/c18-12-6-5-7-13(10-12)22-11-16-20-17(23-21-16)14-8-3-1-2-4-9-15(14)19;/h5-7,10,14-15H,1-4,8-9,11,19H2;1H. The Kier molecular flexibility index (Phi) is 6.99. The highest BCUT2D eigenvalue weighted by Gasteiger charge is 2.26. The molecule has 0 aliphatic heterocycles. The van der Waals surface area contributed by atoms with Crippen molar-refractivity contribution in [2.75, 3.05) is 0 Å². The van der Waals surface area contributed by atoms with Crippen LogP contribution >= 0.6 is 12.4 Å². The van der Waals surface area contributed by atoms with E-state index in [4.69, 9.17) is 15.0 Å². The molecular weight excluding hydrogens is 333 g/mol. The van der Waals surface area contributed by atoms with E-state index in [9.17, 15) is 4.39 Å². The third kappa shape index (κ3) is 4.92. The Bertz CT molecular complexity index is 638. The third-order valence-corrected chi connectivity index (χ3v) is 4.28. The number of hydrogen-bond acceptors (Lipinski definition) is 5. The summed E-state index contributed by atoms with van der Waals surface area (Å²) in [4.78, 5) is 4.42. The van der Waals surface area contributed by atoms with Crippen LogP contribution in [0, 0.1) is 5.82 Å². The minimum absolute atomic E-state index is 0. The van der Waals surface area contributed by atoms with Crippen LogP contribution in [0.1, 0.15) is 56.2 Å². The fraction of sp³-hybridized carbons (Fsp3) is 0.529. The molecule has 1 aliphatic rings. The van der Waals surface area contributed by atoms with Crippen LogP contribution in [0.15, 0.2) is 28.8 Å². The fourth-order valence-electron chi connectivity index (χ4n) is 3.00. The highest BCUT2D eigenvalue weighted by molar-refractivity contribution is 5.85. The van der Waals surface area contributed by atoms with Crippen molar-refractivity contribution in [3.05, 3.63) is 41.8 Å². The molecule has 132 valence electrons. The predicted molar refractivity (Wildman–Crippen MR) is 90.7 cm³/mol. The van der Waals surface area contributed by atoms with Crippen molar-refractivity contribution in [2.24, 2.45) is 5.73 Å². The highest BCUT2D eigenvalue weighted by Crippen LogP contribution is 2.29. The second-order valence-electron chi connectivity index (χ2n) is 6.06. The van der Waals surface area contributed by atoms with Gasteiger partial charge in [0.25, 0.3) is 0 Å². The average molecular weight is 356 g/mol. The summed E-state index contributed by atoms with van der Waals surface area (Å²) in [5.74, 6) is 1.28. The Balaban J connectivity index is 0.00000208. The van der Waals surface area contributed by atoms with Crippen LogP contribution in [-0.4, -0.2) is 16.2 Å². The molecule has 2 aromatic rings. The topological polar surface area (TPSA) is 74.2 Å². The predicted octanol–water partition coefficient (Wildman–Crippen LogP) is 3.97. The van der Waals surface area contributed by atoms with E-state index in [0.29, 0.717) is 17.5 Å². The Morgan fingerprint density at radius 1 is 1.21 bits per heavy atom. The molecule has 3 rings (SSSR count). The van der Waals surface area contributed by atoms with Gasteiger partial charge in [-0.3, -0.25) is 0 Å². The van der Waals surface area contributed by atoms with Gasteiger partial charge in [0.1, 0.15) is 11.6 Å². The molecule has 1 heterocycles. The van der Waals surface area contributed by atoms with Gasteiger partial charge >= 0.3 is 0 Å². The third-order valence-electron chi connectivity index (χ3n) is 4.28. The van der Waals surface area contributed by atoms with Crippen molar-refractivity contribution in [3.63, 3.8) is 0 Å². The zero-order valence-electron chi connectivity index (χ0n) is 13.5. The number of rotatable bonds is 4. The molecule has 2 atom stereocenters. The van der Waals surface area contributed by atoms with Gasteiger partial charge in [-0.15, -0.1) is 12.4 Å². The van der Waals surface area contributed by atoms with E-state index in [-0.39, 0.29) is 36.8 Å². The summed E-state index contributed by atoms with van der Waals surface area (Å²) in [6.07, 6.45) is 6.73. The molecule has 1 aromatic heterocycles. The van der Waals surface area contributed by atoms with E-state index in [2.05, 4.69) is 10.1 Å². The van der Waals surface area contributed by atoms with E-state index in [1.165, 1.54) is 25.0 Å².